The van der Waals surface area contributed by atoms with Gasteiger partial charge >= 0.3 is 0 Å². The fourth-order valence-electron chi connectivity index (χ4n) is 2.05. The summed E-state index contributed by atoms with van der Waals surface area (Å²) in [6.45, 7) is 0.518. The first kappa shape index (κ1) is 13.2. The summed E-state index contributed by atoms with van der Waals surface area (Å²) in [4.78, 5) is 20.7. The van der Waals surface area contributed by atoms with E-state index in [-0.39, 0.29) is 5.91 Å². The third-order valence-electron chi connectivity index (χ3n) is 3.21. The normalized spacial score (nSPS) is 14.2. The van der Waals surface area contributed by atoms with Crippen LogP contribution >= 0.6 is 15.9 Å². The Morgan fingerprint density at radius 2 is 2.30 bits per heavy atom. The number of rotatable bonds is 5. The van der Waals surface area contributed by atoms with Gasteiger partial charge in [-0.05, 0) is 34.8 Å². The van der Waals surface area contributed by atoms with Crippen molar-refractivity contribution in [2.24, 2.45) is 0 Å². The van der Waals surface area contributed by atoms with E-state index in [0.717, 1.165) is 28.8 Å². The van der Waals surface area contributed by atoms with E-state index >= 15 is 0 Å². The Kier molecular flexibility index (Phi) is 3.77. The molecule has 104 valence electrons. The minimum atomic E-state index is -0.0831. The predicted molar refractivity (Wildman–Crippen MR) is 76.3 cm³/mol. The summed E-state index contributed by atoms with van der Waals surface area (Å²) in [6, 6.07) is 1.84. The van der Waals surface area contributed by atoms with Crippen molar-refractivity contribution >= 4 is 21.8 Å². The van der Waals surface area contributed by atoms with Crippen LogP contribution in [-0.4, -0.2) is 32.6 Å². The first-order valence-electron chi connectivity index (χ1n) is 6.52. The minimum absolute atomic E-state index is 0.0831. The molecule has 7 heteroatoms. The van der Waals surface area contributed by atoms with Crippen molar-refractivity contribution in [3.8, 4) is 0 Å². The smallest absolute Gasteiger partial charge is 0.253 e. The Bertz CT molecular complexity index is 609. The maximum atomic E-state index is 12.3. The third-order valence-corrected chi connectivity index (χ3v) is 3.64. The number of aromatic nitrogens is 4. The van der Waals surface area contributed by atoms with Crippen LogP contribution in [0.3, 0.4) is 0 Å². The van der Waals surface area contributed by atoms with Crippen LogP contribution in [0.5, 0.6) is 0 Å². The Hall–Kier alpha value is -1.76. The summed E-state index contributed by atoms with van der Waals surface area (Å²) in [7, 11) is 0. The third kappa shape index (κ3) is 3.04. The molecule has 0 atom stereocenters. The van der Waals surface area contributed by atoms with Crippen LogP contribution in [0.2, 0.25) is 0 Å². The van der Waals surface area contributed by atoms with Gasteiger partial charge in [0.1, 0.15) is 12.2 Å². The summed E-state index contributed by atoms with van der Waals surface area (Å²) < 4.78 is 0.822. The molecule has 2 N–H and O–H groups in total. The van der Waals surface area contributed by atoms with Crippen LogP contribution < -0.4 is 5.32 Å². The molecular weight excluding hydrogens is 322 g/mol. The molecule has 2 aromatic rings. The van der Waals surface area contributed by atoms with Gasteiger partial charge in [0.25, 0.3) is 5.91 Å². The maximum Gasteiger partial charge on any atom is 0.253 e. The fourth-order valence-corrected chi connectivity index (χ4v) is 2.39. The quantitative estimate of drug-likeness (QED) is 0.872. The highest BCUT2D eigenvalue weighted by Gasteiger charge is 2.29. The van der Waals surface area contributed by atoms with Crippen LogP contribution in [0.15, 0.2) is 23.1 Å². The lowest BCUT2D eigenvalue weighted by Gasteiger charge is -2.09. The Labute approximate surface area is 124 Å². The largest absolute Gasteiger partial charge is 0.352 e. The molecule has 1 amide bonds. The van der Waals surface area contributed by atoms with Crippen LogP contribution in [-0.2, 0) is 6.42 Å². The number of nitrogens with zero attached hydrogens (tertiary/aromatic N) is 3. The molecule has 0 radical (unpaired) electrons. The van der Waals surface area contributed by atoms with Crippen molar-refractivity contribution in [3.05, 3.63) is 40.1 Å². The number of carbonyl (C=O) groups excluding carboxylic acids is 1. The summed E-state index contributed by atoms with van der Waals surface area (Å²) in [5.41, 5.74) is 1.57. The average molecular weight is 336 g/mol. The second-order valence-electron chi connectivity index (χ2n) is 4.80. The lowest BCUT2D eigenvalue weighted by molar-refractivity contribution is 0.0952. The molecule has 3 rings (SSSR count). The van der Waals surface area contributed by atoms with Crippen molar-refractivity contribution in [1.29, 1.82) is 0 Å². The molecule has 0 spiro atoms. The summed E-state index contributed by atoms with van der Waals surface area (Å²) in [5, 5.41) is 9.44. The Morgan fingerprint density at radius 1 is 1.45 bits per heavy atom. The molecule has 1 saturated carbocycles. The molecule has 0 aliphatic heterocycles. The molecular formula is C13H14BrN5O. The van der Waals surface area contributed by atoms with Gasteiger partial charge in [-0.25, -0.2) is 4.98 Å². The molecule has 0 saturated heterocycles. The lowest BCUT2D eigenvalue weighted by atomic mass is 10.1. The first-order chi connectivity index (χ1) is 9.74. The van der Waals surface area contributed by atoms with Crippen molar-refractivity contribution in [2.45, 2.75) is 25.2 Å². The second-order valence-corrected chi connectivity index (χ2v) is 5.71. The van der Waals surface area contributed by atoms with Gasteiger partial charge in [0.05, 0.1) is 11.3 Å². The van der Waals surface area contributed by atoms with Crippen molar-refractivity contribution < 1.29 is 4.79 Å². The van der Waals surface area contributed by atoms with Crippen molar-refractivity contribution in [2.75, 3.05) is 6.54 Å². The van der Waals surface area contributed by atoms with Gasteiger partial charge in [-0.2, -0.15) is 5.10 Å². The number of hydrogen-bond acceptors (Lipinski definition) is 4. The molecule has 1 aliphatic carbocycles. The number of pyridine rings is 1. The zero-order chi connectivity index (χ0) is 13.9. The van der Waals surface area contributed by atoms with Crippen LogP contribution in [0.1, 0.15) is 40.6 Å². The van der Waals surface area contributed by atoms with Crippen LogP contribution in [0, 0.1) is 0 Å². The molecule has 20 heavy (non-hydrogen) atoms. The summed E-state index contributed by atoms with van der Waals surface area (Å²) >= 11 is 3.37. The number of carbonyl (C=O) groups is 1. The zero-order valence-corrected chi connectivity index (χ0v) is 12.4. The average Bonchev–Trinajstić information content (AvgIpc) is 3.15. The molecule has 0 unspecified atom stereocenters. The van der Waals surface area contributed by atoms with E-state index in [1.165, 1.54) is 6.33 Å². The molecule has 2 heterocycles. The topological polar surface area (TPSA) is 83.6 Å². The lowest BCUT2D eigenvalue weighted by Crippen LogP contribution is -2.27. The van der Waals surface area contributed by atoms with Gasteiger partial charge in [-0.1, -0.05) is 0 Å². The van der Waals surface area contributed by atoms with Crippen LogP contribution in [0.25, 0.3) is 0 Å². The van der Waals surface area contributed by atoms with Gasteiger partial charge in [-0.15, -0.1) is 0 Å². The number of H-pyrrole nitrogens is 1. The zero-order valence-electron chi connectivity index (χ0n) is 10.8. The summed E-state index contributed by atoms with van der Waals surface area (Å²) in [5.74, 6) is 1.12. The first-order valence-corrected chi connectivity index (χ1v) is 7.31. The number of aromatic amines is 1. The highest BCUT2D eigenvalue weighted by atomic mass is 79.9. The van der Waals surface area contributed by atoms with Gasteiger partial charge in [0.2, 0.25) is 0 Å². The van der Waals surface area contributed by atoms with Gasteiger partial charge in [-0.3, -0.25) is 14.9 Å². The Balaban J connectivity index is 1.65. The van der Waals surface area contributed by atoms with E-state index in [1.807, 2.05) is 6.07 Å². The predicted octanol–water partition coefficient (Wildman–Crippen LogP) is 1.81. The van der Waals surface area contributed by atoms with E-state index in [9.17, 15) is 4.79 Å². The summed E-state index contributed by atoms with van der Waals surface area (Å²) in [6.07, 6.45) is 6.07. The standard InChI is InChI=1S/C13H14BrN5O/c14-9-5-10(12(16-6-9)8-1-2-8)13(20)15-4-3-11-17-7-18-19-11/h5-8H,1-4H2,(H,15,20)(H,17,18,19). The van der Waals surface area contributed by atoms with E-state index in [4.69, 9.17) is 0 Å². The molecule has 6 nitrogen and oxygen atoms in total. The van der Waals surface area contributed by atoms with E-state index in [0.29, 0.717) is 24.4 Å². The highest BCUT2D eigenvalue weighted by molar-refractivity contribution is 9.10. The Morgan fingerprint density at radius 3 is 3.00 bits per heavy atom. The fraction of sp³-hybridized carbons (Fsp3) is 0.385. The van der Waals surface area contributed by atoms with Crippen molar-refractivity contribution in [1.82, 2.24) is 25.5 Å². The highest BCUT2D eigenvalue weighted by Crippen LogP contribution is 2.40. The van der Waals surface area contributed by atoms with Gasteiger partial charge in [0.15, 0.2) is 0 Å². The molecule has 0 aromatic carbocycles. The number of halogens is 1. The molecule has 1 aliphatic rings. The second kappa shape index (κ2) is 5.70. The monoisotopic (exact) mass is 335 g/mol. The number of amides is 1. The van der Waals surface area contributed by atoms with E-state index in [1.54, 1.807) is 6.20 Å². The maximum absolute atomic E-state index is 12.3. The van der Waals surface area contributed by atoms with Gasteiger partial charge < -0.3 is 5.32 Å². The van der Waals surface area contributed by atoms with E-state index < -0.39 is 0 Å². The molecule has 1 fully saturated rings. The minimum Gasteiger partial charge on any atom is -0.352 e. The van der Waals surface area contributed by atoms with E-state index in [2.05, 4.69) is 41.4 Å². The number of nitrogens with one attached hydrogen (secondary N) is 2. The SMILES string of the molecule is O=C(NCCc1ncn[nH]1)c1cc(Br)cnc1C1CC1. The van der Waals surface area contributed by atoms with Crippen LogP contribution in [0.4, 0.5) is 0 Å². The van der Waals surface area contributed by atoms with Crippen molar-refractivity contribution in [3.63, 3.8) is 0 Å². The van der Waals surface area contributed by atoms with Gasteiger partial charge in [0, 0.05) is 29.6 Å². The number of hydrogen-bond donors (Lipinski definition) is 2. The molecule has 0 bridgehead atoms. The molecule has 2 aromatic heterocycles.